The molecule has 0 saturated carbocycles. The molecule has 0 N–H and O–H groups in total. The number of hydrogen-bond donors (Lipinski definition) is 0. The average molecular weight is 423 g/mol. The summed E-state index contributed by atoms with van der Waals surface area (Å²) in [6, 6.07) is 13.4. The molecule has 0 unspecified atom stereocenters. The van der Waals surface area contributed by atoms with Crippen molar-refractivity contribution in [2.45, 2.75) is 33.4 Å². The highest BCUT2D eigenvalue weighted by molar-refractivity contribution is 5.93. The van der Waals surface area contributed by atoms with Gasteiger partial charge in [-0.05, 0) is 31.0 Å². The predicted octanol–water partition coefficient (Wildman–Crippen LogP) is 4.22. The summed E-state index contributed by atoms with van der Waals surface area (Å²) in [7, 11) is 0. The van der Waals surface area contributed by atoms with Gasteiger partial charge in [-0.1, -0.05) is 43.7 Å². The van der Waals surface area contributed by atoms with Gasteiger partial charge in [0.2, 0.25) is 0 Å². The summed E-state index contributed by atoms with van der Waals surface area (Å²) < 4.78 is 19.9. The quantitative estimate of drug-likeness (QED) is 0.632. The van der Waals surface area contributed by atoms with Crippen molar-refractivity contribution in [1.82, 2.24) is 9.80 Å². The van der Waals surface area contributed by atoms with Gasteiger partial charge >= 0.3 is 0 Å². The van der Waals surface area contributed by atoms with E-state index in [9.17, 15) is 14.0 Å². The van der Waals surface area contributed by atoms with Crippen LogP contribution in [0, 0.1) is 18.7 Å². The Morgan fingerprint density at radius 3 is 2.68 bits per heavy atom. The molecule has 1 aromatic heterocycles. The monoisotopic (exact) mass is 422 g/mol. The molecule has 1 saturated heterocycles. The Morgan fingerprint density at radius 1 is 1.16 bits per heavy atom. The average Bonchev–Trinajstić information content (AvgIpc) is 2.75. The molecule has 0 radical (unpaired) electrons. The number of halogens is 1. The first-order chi connectivity index (χ1) is 14.8. The van der Waals surface area contributed by atoms with E-state index in [-0.39, 0.29) is 34.9 Å². The number of aryl methyl sites for hydroxylation is 1. The molecule has 2 aromatic carbocycles. The summed E-state index contributed by atoms with van der Waals surface area (Å²) in [4.78, 5) is 29.8. The molecule has 1 fully saturated rings. The van der Waals surface area contributed by atoms with Crippen LogP contribution in [0.2, 0.25) is 0 Å². The molecule has 0 spiro atoms. The van der Waals surface area contributed by atoms with Crippen molar-refractivity contribution in [2.24, 2.45) is 5.92 Å². The second-order valence-corrected chi connectivity index (χ2v) is 8.61. The molecular formula is C25H27FN2O3. The van der Waals surface area contributed by atoms with Gasteiger partial charge in [0.05, 0.1) is 5.39 Å². The number of carbonyl (C=O) groups excluding carboxylic acids is 1. The third-order valence-electron chi connectivity index (χ3n) is 5.98. The number of rotatable bonds is 4. The van der Waals surface area contributed by atoms with Crippen molar-refractivity contribution in [3.63, 3.8) is 0 Å². The lowest BCUT2D eigenvalue weighted by Gasteiger charge is -2.43. The molecule has 5 nitrogen and oxygen atoms in total. The van der Waals surface area contributed by atoms with Crippen LogP contribution in [0.15, 0.2) is 57.7 Å². The topological polar surface area (TPSA) is 53.8 Å². The minimum atomic E-state index is -0.274. The second kappa shape index (κ2) is 8.63. The van der Waals surface area contributed by atoms with Crippen molar-refractivity contribution in [3.8, 4) is 0 Å². The van der Waals surface area contributed by atoms with Gasteiger partial charge in [-0.2, -0.15) is 0 Å². The van der Waals surface area contributed by atoms with E-state index in [2.05, 4.69) is 18.7 Å². The normalized spacial score (nSPS) is 17.5. The van der Waals surface area contributed by atoms with Crippen LogP contribution in [0.25, 0.3) is 11.0 Å². The summed E-state index contributed by atoms with van der Waals surface area (Å²) in [6.45, 7) is 8.29. The van der Waals surface area contributed by atoms with Gasteiger partial charge in [-0.3, -0.25) is 14.5 Å². The molecule has 2 heterocycles. The van der Waals surface area contributed by atoms with Crippen molar-refractivity contribution >= 4 is 16.9 Å². The lowest BCUT2D eigenvalue weighted by Crippen LogP contribution is -2.56. The number of hydrogen-bond acceptors (Lipinski definition) is 4. The first kappa shape index (κ1) is 21.2. The zero-order valence-electron chi connectivity index (χ0n) is 18.1. The van der Waals surface area contributed by atoms with Crippen LogP contribution in [-0.4, -0.2) is 41.4 Å². The van der Waals surface area contributed by atoms with E-state index in [4.69, 9.17) is 4.42 Å². The zero-order valence-corrected chi connectivity index (χ0v) is 18.1. The van der Waals surface area contributed by atoms with Gasteiger partial charge in [0.25, 0.3) is 5.91 Å². The Hall–Kier alpha value is -2.99. The molecule has 0 bridgehead atoms. The van der Waals surface area contributed by atoms with E-state index in [1.54, 1.807) is 29.2 Å². The lowest BCUT2D eigenvalue weighted by molar-refractivity contribution is 0.0301. The SMILES string of the molecule is Cc1ccc2oc(C(=O)N3CCN(Cc4ccccc4F)C[C@@H]3C(C)C)cc(=O)c2c1. The minimum Gasteiger partial charge on any atom is -0.451 e. The van der Waals surface area contributed by atoms with E-state index < -0.39 is 0 Å². The molecule has 6 heteroatoms. The van der Waals surface area contributed by atoms with E-state index in [0.29, 0.717) is 42.7 Å². The van der Waals surface area contributed by atoms with Crippen molar-refractivity contribution in [2.75, 3.05) is 19.6 Å². The molecule has 1 aliphatic rings. The van der Waals surface area contributed by atoms with E-state index in [1.165, 1.54) is 12.1 Å². The molecule has 4 rings (SSSR count). The van der Waals surface area contributed by atoms with Crippen LogP contribution in [0.1, 0.15) is 35.5 Å². The number of amides is 1. The van der Waals surface area contributed by atoms with E-state index >= 15 is 0 Å². The Bertz CT molecular complexity index is 1170. The van der Waals surface area contributed by atoms with Crippen LogP contribution >= 0.6 is 0 Å². The van der Waals surface area contributed by atoms with Crippen molar-refractivity contribution < 1.29 is 13.6 Å². The fourth-order valence-electron chi connectivity index (χ4n) is 4.22. The van der Waals surface area contributed by atoms with Gasteiger partial charge in [0, 0.05) is 43.9 Å². The highest BCUT2D eigenvalue weighted by atomic mass is 19.1. The standard InChI is InChI=1S/C25H27FN2O3/c1-16(2)21-15-27(14-18-6-4-5-7-20(18)26)10-11-28(21)25(30)24-13-22(29)19-12-17(3)8-9-23(19)31-24/h4-9,12-13,16,21H,10-11,14-15H2,1-3H3/t21-/m1/s1. The maximum Gasteiger partial charge on any atom is 0.290 e. The van der Waals surface area contributed by atoms with Crippen molar-refractivity contribution in [3.05, 3.63) is 81.5 Å². The maximum atomic E-state index is 14.1. The Labute approximate surface area is 181 Å². The number of nitrogens with zero attached hydrogens (tertiary/aromatic N) is 2. The first-order valence-corrected chi connectivity index (χ1v) is 10.6. The van der Waals surface area contributed by atoms with Gasteiger partial charge < -0.3 is 9.32 Å². The Balaban J connectivity index is 1.57. The van der Waals surface area contributed by atoms with Crippen LogP contribution < -0.4 is 5.43 Å². The van der Waals surface area contributed by atoms with Gasteiger partial charge in [0.15, 0.2) is 11.2 Å². The number of fused-ring (bicyclic) bond motifs is 1. The number of piperazine rings is 1. The van der Waals surface area contributed by atoms with Crippen molar-refractivity contribution in [1.29, 1.82) is 0 Å². The van der Waals surface area contributed by atoms with Crippen LogP contribution in [0.5, 0.6) is 0 Å². The fourth-order valence-corrected chi connectivity index (χ4v) is 4.22. The smallest absolute Gasteiger partial charge is 0.290 e. The third kappa shape index (κ3) is 4.39. The molecule has 31 heavy (non-hydrogen) atoms. The summed E-state index contributed by atoms with van der Waals surface area (Å²) in [5, 5.41) is 0.478. The summed E-state index contributed by atoms with van der Waals surface area (Å²) in [5.74, 6) is -0.226. The number of carbonyl (C=O) groups is 1. The summed E-state index contributed by atoms with van der Waals surface area (Å²) >= 11 is 0. The summed E-state index contributed by atoms with van der Waals surface area (Å²) in [5.41, 5.74) is 1.82. The number of benzene rings is 2. The summed E-state index contributed by atoms with van der Waals surface area (Å²) in [6.07, 6.45) is 0. The highest BCUT2D eigenvalue weighted by Gasteiger charge is 2.34. The van der Waals surface area contributed by atoms with Gasteiger partial charge in [0.1, 0.15) is 11.4 Å². The molecule has 1 aliphatic heterocycles. The van der Waals surface area contributed by atoms with E-state index in [0.717, 1.165) is 5.56 Å². The maximum absolute atomic E-state index is 14.1. The Kier molecular flexibility index (Phi) is 5.92. The van der Waals surface area contributed by atoms with Gasteiger partial charge in [-0.15, -0.1) is 0 Å². The Morgan fingerprint density at radius 2 is 1.94 bits per heavy atom. The molecular weight excluding hydrogens is 395 g/mol. The second-order valence-electron chi connectivity index (χ2n) is 8.61. The molecule has 3 aromatic rings. The van der Waals surface area contributed by atoms with Crippen LogP contribution in [-0.2, 0) is 6.54 Å². The minimum absolute atomic E-state index is 0.0629. The van der Waals surface area contributed by atoms with Crippen LogP contribution in [0.3, 0.4) is 0 Å². The fraction of sp³-hybridized carbons (Fsp3) is 0.360. The van der Waals surface area contributed by atoms with E-state index in [1.807, 2.05) is 19.1 Å². The van der Waals surface area contributed by atoms with Crippen LogP contribution in [0.4, 0.5) is 4.39 Å². The van der Waals surface area contributed by atoms with Gasteiger partial charge in [-0.25, -0.2) is 4.39 Å². The zero-order chi connectivity index (χ0) is 22.1. The molecule has 162 valence electrons. The molecule has 1 atom stereocenters. The largest absolute Gasteiger partial charge is 0.451 e. The predicted molar refractivity (Wildman–Crippen MR) is 119 cm³/mol. The first-order valence-electron chi connectivity index (χ1n) is 10.6. The molecule has 0 aliphatic carbocycles. The lowest BCUT2D eigenvalue weighted by atomic mass is 9.98. The third-order valence-corrected chi connectivity index (χ3v) is 5.98. The molecule has 1 amide bonds. The highest BCUT2D eigenvalue weighted by Crippen LogP contribution is 2.23.